The van der Waals surface area contributed by atoms with Crippen molar-refractivity contribution in [2.45, 2.75) is 71.6 Å². The Balaban J connectivity index is 0.00000420. The molecule has 0 spiro atoms. The zero-order valence-corrected chi connectivity index (χ0v) is 21.8. The molecule has 1 aliphatic carbocycles. The van der Waals surface area contributed by atoms with E-state index in [-0.39, 0.29) is 30.1 Å². The van der Waals surface area contributed by atoms with Gasteiger partial charge in [0, 0.05) is 39.2 Å². The van der Waals surface area contributed by atoms with Crippen LogP contribution in [-0.4, -0.2) is 55.8 Å². The van der Waals surface area contributed by atoms with E-state index in [1.165, 1.54) is 25.7 Å². The first-order valence-electron chi connectivity index (χ1n) is 10.7. The van der Waals surface area contributed by atoms with Crippen LogP contribution in [0.2, 0.25) is 0 Å². The lowest BCUT2D eigenvalue weighted by Crippen LogP contribution is -2.38. The summed E-state index contributed by atoms with van der Waals surface area (Å²) in [5, 5.41) is 6.53. The molecule has 1 aliphatic rings. The number of nitrogens with zero attached hydrogens (tertiary/aromatic N) is 3. The molecule has 2 rings (SSSR count). The predicted octanol–water partition coefficient (Wildman–Crippen LogP) is 4.85. The van der Waals surface area contributed by atoms with Crippen molar-refractivity contribution in [3.8, 4) is 0 Å². The fourth-order valence-electron chi connectivity index (χ4n) is 3.77. The maximum absolute atomic E-state index is 6.04. The van der Waals surface area contributed by atoms with Gasteiger partial charge in [-0.2, -0.15) is 0 Å². The molecule has 1 heterocycles. The number of hydrogen-bond acceptors (Lipinski definition) is 5. The first-order chi connectivity index (χ1) is 13.6. The highest BCUT2D eigenvalue weighted by Crippen LogP contribution is 2.30. The van der Waals surface area contributed by atoms with E-state index >= 15 is 0 Å². The number of nitrogens with one attached hydrogen (secondary N) is 1. The summed E-state index contributed by atoms with van der Waals surface area (Å²) >= 11 is 1.65. The summed E-state index contributed by atoms with van der Waals surface area (Å²) in [6.45, 7) is 9.38. The Morgan fingerprint density at radius 1 is 1.38 bits per heavy atom. The van der Waals surface area contributed by atoms with Crippen molar-refractivity contribution < 1.29 is 9.47 Å². The van der Waals surface area contributed by atoms with Crippen LogP contribution in [0.25, 0.3) is 0 Å². The fourth-order valence-corrected chi connectivity index (χ4v) is 4.61. The molecule has 29 heavy (non-hydrogen) atoms. The second kappa shape index (κ2) is 14.5. The number of hydrogen-bond donors (Lipinski definition) is 1. The van der Waals surface area contributed by atoms with Gasteiger partial charge in [-0.25, -0.2) is 4.98 Å². The zero-order chi connectivity index (χ0) is 20.4. The van der Waals surface area contributed by atoms with Crippen LogP contribution in [0.4, 0.5) is 0 Å². The summed E-state index contributed by atoms with van der Waals surface area (Å²) in [6.07, 6.45) is 6.69. The van der Waals surface area contributed by atoms with Gasteiger partial charge in [0.25, 0.3) is 0 Å². The van der Waals surface area contributed by atoms with E-state index in [2.05, 4.69) is 36.5 Å². The van der Waals surface area contributed by atoms with Crippen LogP contribution < -0.4 is 5.32 Å². The Bertz CT molecular complexity index is 593. The Morgan fingerprint density at radius 3 is 2.72 bits per heavy atom. The van der Waals surface area contributed by atoms with Gasteiger partial charge in [-0.15, -0.1) is 35.3 Å². The highest BCUT2D eigenvalue weighted by molar-refractivity contribution is 14.0. The number of rotatable bonds is 11. The summed E-state index contributed by atoms with van der Waals surface area (Å²) in [4.78, 5) is 11.7. The van der Waals surface area contributed by atoms with Crippen molar-refractivity contribution >= 4 is 41.3 Å². The van der Waals surface area contributed by atoms with Crippen molar-refractivity contribution in [2.75, 3.05) is 33.9 Å². The van der Waals surface area contributed by atoms with Crippen LogP contribution in [0.3, 0.4) is 0 Å². The highest BCUT2D eigenvalue weighted by Gasteiger charge is 2.25. The smallest absolute Gasteiger partial charge is 0.194 e. The van der Waals surface area contributed by atoms with E-state index in [0.717, 1.165) is 49.3 Å². The Hall–Kier alpha value is -0.450. The maximum Gasteiger partial charge on any atom is 0.194 e. The van der Waals surface area contributed by atoms with Gasteiger partial charge in [-0.3, -0.25) is 4.99 Å². The molecule has 1 saturated carbocycles. The lowest BCUT2D eigenvalue weighted by molar-refractivity contribution is 0.0177. The van der Waals surface area contributed by atoms with Gasteiger partial charge in [0.2, 0.25) is 0 Å². The zero-order valence-electron chi connectivity index (χ0n) is 18.6. The lowest BCUT2D eigenvalue weighted by atomic mass is 9.98. The van der Waals surface area contributed by atoms with E-state index in [4.69, 9.17) is 19.5 Å². The molecule has 2 atom stereocenters. The van der Waals surface area contributed by atoms with Crippen LogP contribution in [0.15, 0.2) is 10.4 Å². The standard InChI is InChI=1S/C21H38N4O2S.HI/c1-6-22-21(23-13-12-19(27-7-2)17-10-8-9-11-17)25(4)14-18-15-28-20(24-18)16(3)26-5;/h15-17,19H,6-14H2,1-5H3,(H,22,23);1H. The third kappa shape index (κ3) is 8.67. The van der Waals surface area contributed by atoms with Gasteiger partial charge in [-0.05, 0) is 46.0 Å². The van der Waals surface area contributed by atoms with E-state index in [1.807, 2.05) is 6.92 Å². The van der Waals surface area contributed by atoms with Crippen molar-refractivity contribution in [3.63, 3.8) is 0 Å². The summed E-state index contributed by atoms with van der Waals surface area (Å²) in [5.74, 6) is 1.64. The normalized spacial score (nSPS) is 17.1. The number of aliphatic imine (C=N–C) groups is 1. The summed E-state index contributed by atoms with van der Waals surface area (Å²) < 4.78 is 11.4. The molecule has 1 aromatic rings. The van der Waals surface area contributed by atoms with Gasteiger partial charge in [0.05, 0.1) is 18.3 Å². The molecule has 1 N–H and O–H groups in total. The molecular weight excluding hydrogens is 499 g/mol. The molecule has 1 aromatic heterocycles. The quantitative estimate of drug-likeness (QED) is 0.248. The Morgan fingerprint density at radius 2 is 2.10 bits per heavy atom. The molecule has 2 unspecified atom stereocenters. The maximum atomic E-state index is 6.04. The van der Waals surface area contributed by atoms with Crippen LogP contribution in [-0.2, 0) is 16.0 Å². The number of guanidine groups is 1. The molecule has 0 saturated heterocycles. The van der Waals surface area contributed by atoms with Gasteiger partial charge in [0.15, 0.2) is 5.96 Å². The molecule has 6 nitrogen and oxygen atoms in total. The Labute approximate surface area is 197 Å². The van der Waals surface area contributed by atoms with Crippen LogP contribution in [0.1, 0.15) is 69.7 Å². The predicted molar refractivity (Wildman–Crippen MR) is 132 cm³/mol. The molecule has 0 amide bonds. The second-order valence-electron chi connectivity index (χ2n) is 7.47. The average Bonchev–Trinajstić information content (AvgIpc) is 3.38. The number of ether oxygens (including phenoxy) is 2. The molecule has 0 bridgehead atoms. The SMILES string of the molecule is CCNC(=NCCC(OCC)C1CCCC1)N(C)Cc1csc(C(C)OC)n1.I. The van der Waals surface area contributed by atoms with Crippen molar-refractivity contribution in [3.05, 3.63) is 16.1 Å². The average molecular weight is 539 g/mol. The minimum absolute atomic E-state index is 0. The Kier molecular flexibility index (Phi) is 13.3. The van der Waals surface area contributed by atoms with E-state index in [0.29, 0.717) is 12.0 Å². The molecule has 0 radical (unpaired) electrons. The number of halogens is 1. The highest BCUT2D eigenvalue weighted by atomic mass is 127. The first kappa shape index (κ1) is 26.6. The van der Waals surface area contributed by atoms with E-state index < -0.39 is 0 Å². The summed E-state index contributed by atoms with van der Waals surface area (Å²) in [6, 6.07) is 0. The lowest BCUT2D eigenvalue weighted by Gasteiger charge is -2.24. The third-order valence-electron chi connectivity index (χ3n) is 5.35. The molecule has 0 aromatic carbocycles. The second-order valence-corrected chi connectivity index (χ2v) is 8.36. The third-order valence-corrected chi connectivity index (χ3v) is 6.40. The van der Waals surface area contributed by atoms with Gasteiger partial charge in [0.1, 0.15) is 11.1 Å². The number of thiazole rings is 1. The van der Waals surface area contributed by atoms with Crippen molar-refractivity contribution in [1.82, 2.24) is 15.2 Å². The topological polar surface area (TPSA) is 59.0 Å². The minimum Gasteiger partial charge on any atom is -0.378 e. The number of methoxy groups -OCH3 is 1. The summed E-state index contributed by atoms with van der Waals surface area (Å²) in [7, 11) is 3.78. The van der Waals surface area contributed by atoms with Crippen LogP contribution in [0, 0.1) is 5.92 Å². The molecule has 1 fully saturated rings. The monoisotopic (exact) mass is 538 g/mol. The van der Waals surface area contributed by atoms with E-state index in [1.54, 1.807) is 18.4 Å². The summed E-state index contributed by atoms with van der Waals surface area (Å²) in [5.41, 5.74) is 1.05. The van der Waals surface area contributed by atoms with E-state index in [9.17, 15) is 0 Å². The minimum atomic E-state index is 0. The molecule has 0 aliphatic heterocycles. The largest absolute Gasteiger partial charge is 0.378 e. The van der Waals surface area contributed by atoms with Gasteiger partial charge < -0.3 is 19.7 Å². The van der Waals surface area contributed by atoms with Gasteiger partial charge >= 0.3 is 0 Å². The van der Waals surface area contributed by atoms with Crippen molar-refractivity contribution in [2.24, 2.45) is 10.9 Å². The first-order valence-corrected chi connectivity index (χ1v) is 11.5. The van der Waals surface area contributed by atoms with Gasteiger partial charge in [-0.1, -0.05) is 12.8 Å². The molecule has 168 valence electrons. The van der Waals surface area contributed by atoms with Crippen LogP contribution in [0.5, 0.6) is 0 Å². The van der Waals surface area contributed by atoms with Crippen LogP contribution >= 0.6 is 35.3 Å². The van der Waals surface area contributed by atoms with Crippen molar-refractivity contribution in [1.29, 1.82) is 0 Å². The number of aromatic nitrogens is 1. The fraction of sp³-hybridized carbons (Fsp3) is 0.810. The molecule has 8 heteroatoms. The molecular formula is C21H39IN4O2S.